The van der Waals surface area contributed by atoms with E-state index in [1.165, 1.54) is 23.5 Å². The van der Waals surface area contributed by atoms with Crippen molar-refractivity contribution in [3.63, 3.8) is 0 Å². The number of amides is 1. The van der Waals surface area contributed by atoms with Crippen molar-refractivity contribution in [1.29, 1.82) is 0 Å². The third-order valence-electron chi connectivity index (χ3n) is 4.77. The van der Waals surface area contributed by atoms with Crippen LogP contribution in [0.2, 0.25) is 0 Å². The van der Waals surface area contributed by atoms with Crippen molar-refractivity contribution in [2.24, 2.45) is 0 Å². The molecule has 3 aromatic rings. The van der Waals surface area contributed by atoms with E-state index in [1.807, 2.05) is 13.8 Å². The normalized spacial score (nSPS) is 14.5. The molecule has 0 saturated carbocycles. The number of halogens is 1. The standard InChI is InChI=1S/C20H21FN4O2S/c1-12-16-18(25-7-9-27-10-8-25)23-13(2)24-20(16)28-17(12)19(26)22-11-14-3-5-15(21)6-4-14/h3-6H,7-11H2,1-2H3,(H,22,26). The Morgan fingerprint density at radius 3 is 2.64 bits per heavy atom. The zero-order chi connectivity index (χ0) is 19.7. The average Bonchev–Trinajstić information content (AvgIpc) is 3.03. The highest BCUT2D eigenvalue weighted by Gasteiger charge is 2.23. The Kier molecular flexibility index (Phi) is 5.23. The molecule has 3 heterocycles. The van der Waals surface area contributed by atoms with Crippen LogP contribution in [0, 0.1) is 19.7 Å². The fraction of sp³-hybridized carbons (Fsp3) is 0.350. The van der Waals surface area contributed by atoms with E-state index in [-0.39, 0.29) is 11.7 Å². The predicted octanol–water partition coefficient (Wildman–Crippen LogP) is 3.21. The summed E-state index contributed by atoms with van der Waals surface area (Å²) in [6, 6.07) is 6.11. The van der Waals surface area contributed by atoms with Gasteiger partial charge in [-0.1, -0.05) is 12.1 Å². The number of fused-ring (bicyclic) bond motifs is 1. The monoisotopic (exact) mass is 400 g/mol. The Hall–Kier alpha value is -2.58. The second-order valence-corrected chi connectivity index (χ2v) is 7.74. The van der Waals surface area contributed by atoms with Crippen molar-refractivity contribution < 1.29 is 13.9 Å². The Morgan fingerprint density at radius 1 is 1.21 bits per heavy atom. The van der Waals surface area contributed by atoms with Crippen molar-refractivity contribution >= 4 is 33.3 Å². The summed E-state index contributed by atoms with van der Waals surface area (Å²) in [6.45, 7) is 7.02. The molecule has 0 unspecified atom stereocenters. The first-order valence-corrected chi connectivity index (χ1v) is 9.97. The Labute approximate surface area is 166 Å². The molecule has 0 atom stereocenters. The summed E-state index contributed by atoms with van der Waals surface area (Å²) in [4.78, 5) is 25.6. The molecule has 1 fully saturated rings. The van der Waals surface area contributed by atoms with Gasteiger partial charge in [0.2, 0.25) is 0 Å². The first-order chi connectivity index (χ1) is 13.5. The molecule has 0 radical (unpaired) electrons. The lowest BCUT2D eigenvalue weighted by atomic mass is 10.1. The summed E-state index contributed by atoms with van der Waals surface area (Å²) in [7, 11) is 0. The van der Waals surface area contributed by atoms with Crippen molar-refractivity contribution in [3.05, 3.63) is 51.9 Å². The SMILES string of the molecule is Cc1nc(N2CCOCC2)c2c(C)c(C(=O)NCc3ccc(F)cc3)sc2n1. The molecule has 28 heavy (non-hydrogen) atoms. The summed E-state index contributed by atoms with van der Waals surface area (Å²) in [6.07, 6.45) is 0. The number of carbonyl (C=O) groups is 1. The molecule has 6 nitrogen and oxygen atoms in total. The smallest absolute Gasteiger partial charge is 0.261 e. The molecular formula is C20H21FN4O2S. The van der Waals surface area contributed by atoms with E-state index in [0.717, 1.165) is 40.3 Å². The number of carbonyl (C=O) groups excluding carboxylic acids is 1. The number of nitrogens with one attached hydrogen (secondary N) is 1. The quantitative estimate of drug-likeness (QED) is 0.728. The van der Waals surface area contributed by atoms with Crippen molar-refractivity contribution in [2.45, 2.75) is 20.4 Å². The molecule has 2 aromatic heterocycles. The van der Waals surface area contributed by atoms with E-state index in [9.17, 15) is 9.18 Å². The van der Waals surface area contributed by atoms with Crippen LogP contribution in [0.3, 0.4) is 0 Å². The lowest BCUT2D eigenvalue weighted by Crippen LogP contribution is -2.37. The van der Waals surface area contributed by atoms with Gasteiger partial charge in [0.25, 0.3) is 5.91 Å². The summed E-state index contributed by atoms with van der Waals surface area (Å²) < 4.78 is 18.5. The lowest BCUT2D eigenvalue weighted by molar-refractivity contribution is 0.0954. The number of hydrogen-bond donors (Lipinski definition) is 1. The first-order valence-electron chi connectivity index (χ1n) is 9.16. The van der Waals surface area contributed by atoms with Gasteiger partial charge in [-0.25, -0.2) is 14.4 Å². The van der Waals surface area contributed by atoms with E-state index in [2.05, 4.69) is 20.2 Å². The van der Waals surface area contributed by atoms with Gasteiger partial charge in [0, 0.05) is 19.6 Å². The molecule has 0 aliphatic carbocycles. The highest BCUT2D eigenvalue weighted by Crippen LogP contribution is 2.35. The highest BCUT2D eigenvalue weighted by atomic mass is 32.1. The van der Waals surface area contributed by atoms with Gasteiger partial charge >= 0.3 is 0 Å². The second-order valence-electron chi connectivity index (χ2n) is 6.74. The summed E-state index contributed by atoms with van der Waals surface area (Å²) >= 11 is 1.38. The molecular weight excluding hydrogens is 379 g/mol. The number of thiophene rings is 1. The van der Waals surface area contributed by atoms with Crippen LogP contribution in [0.5, 0.6) is 0 Å². The zero-order valence-corrected chi connectivity index (χ0v) is 16.6. The summed E-state index contributed by atoms with van der Waals surface area (Å²) in [5.41, 5.74) is 1.73. The number of aryl methyl sites for hydroxylation is 2. The van der Waals surface area contributed by atoms with Crippen LogP contribution in [0.25, 0.3) is 10.2 Å². The molecule has 1 saturated heterocycles. The van der Waals surface area contributed by atoms with Gasteiger partial charge in [-0.3, -0.25) is 4.79 Å². The fourth-order valence-electron chi connectivity index (χ4n) is 3.31. The largest absolute Gasteiger partial charge is 0.378 e. The van der Waals surface area contributed by atoms with Crippen LogP contribution in [0.4, 0.5) is 10.2 Å². The number of morpholine rings is 1. The molecule has 4 rings (SSSR count). The van der Waals surface area contributed by atoms with E-state index < -0.39 is 0 Å². The van der Waals surface area contributed by atoms with Crippen LogP contribution < -0.4 is 10.2 Å². The average molecular weight is 400 g/mol. The van der Waals surface area contributed by atoms with E-state index in [1.54, 1.807) is 12.1 Å². The van der Waals surface area contributed by atoms with Gasteiger partial charge in [0.1, 0.15) is 22.3 Å². The van der Waals surface area contributed by atoms with E-state index in [0.29, 0.717) is 30.5 Å². The first kappa shape index (κ1) is 18.8. The van der Waals surface area contributed by atoms with Crippen LogP contribution in [0.15, 0.2) is 24.3 Å². The Bertz CT molecular complexity index is 1010. The molecule has 8 heteroatoms. The minimum Gasteiger partial charge on any atom is -0.378 e. The van der Waals surface area contributed by atoms with E-state index >= 15 is 0 Å². The molecule has 1 amide bonds. The van der Waals surface area contributed by atoms with Gasteiger partial charge in [0.15, 0.2) is 0 Å². The number of anilines is 1. The fourth-order valence-corrected chi connectivity index (χ4v) is 4.44. The van der Waals surface area contributed by atoms with Gasteiger partial charge in [0.05, 0.1) is 23.5 Å². The van der Waals surface area contributed by atoms with Crippen LogP contribution in [0.1, 0.15) is 26.6 Å². The molecule has 1 aromatic carbocycles. The van der Waals surface area contributed by atoms with Crippen LogP contribution >= 0.6 is 11.3 Å². The number of aromatic nitrogens is 2. The molecule has 1 N–H and O–H groups in total. The maximum Gasteiger partial charge on any atom is 0.261 e. The number of rotatable bonds is 4. The number of ether oxygens (including phenoxy) is 1. The maximum absolute atomic E-state index is 13.0. The minimum absolute atomic E-state index is 0.157. The van der Waals surface area contributed by atoms with Gasteiger partial charge in [-0.05, 0) is 37.1 Å². The Morgan fingerprint density at radius 2 is 1.93 bits per heavy atom. The molecule has 0 spiro atoms. The topological polar surface area (TPSA) is 67.4 Å². The van der Waals surface area contributed by atoms with Crippen LogP contribution in [-0.4, -0.2) is 42.2 Å². The number of benzene rings is 1. The lowest BCUT2D eigenvalue weighted by Gasteiger charge is -2.28. The van der Waals surface area contributed by atoms with Gasteiger partial charge in [-0.2, -0.15) is 0 Å². The minimum atomic E-state index is -0.292. The van der Waals surface area contributed by atoms with Gasteiger partial charge in [-0.15, -0.1) is 11.3 Å². The second kappa shape index (κ2) is 7.81. The molecule has 1 aliphatic rings. The van der Waals surface area contributed by atoms with Crippen LogP contribution in [-0.2, 0) is 11.3 Å². The number of hydrogen-bond acceptors (Lipinski definition) is 6. The van der Waals surface area contributed by atoms with Crippen molar-refractivity contribution in [2.75, 3.05) is 31.2 Å². The third-order valence-corrected chi connectivity index (χ3v) is 5.95. The summed E-state index contributed by atoms with van der Waals surface area (Å²) in [5, 5.41) is 3.85. The number of nitrogens with zero attached hydrogens (tertiary/aromatic N) is 3. The Balaban J connectivity index is 1.63. The third kappa shape index (κ3) is 3.70. The van der Waals surface area contributed by atoms with Crippen molar-refractivity contribution in [1.82, 2.24) is 15.3 Å². The molecule has 1 aliphatic heterocycles. The van der Waals surface area contributed by atoms with Crippen molar-refractivity contribution in [3.8, 4) is 0 Å². The summed E-state index contributed by atoms with van der Waals surface area (Å²) in [5.74, 6) is 1.11. The molecule has 146 valence electrons. The highest BCUT2D eigenvalue weighted by molar-refractivity contribution is 7.20. The maximum atomic E-state index is 13.0. The predicted molar refractivity (Wildman–Crippen MR) is 107 cm³/mol. The van der Waals surface area contributed by atoms with E-state index in [4.69, 9.17) is 4.74 Å². The zero-order valence-electron chi connectivity index (χ0n) is 15.8. The molecule has 0 bridgehead atoms. The van der Waals surface area contributed by atoms with Gasteiger partial charge < -0.3 is 15.0 Å².